The van der Waals surface area contributed by atoms with Crippen molar-refractivity contribution in [3.63, 3.8) is 0 Å². The molecule has 2 bridgehead atoms. The molecule has 2 aliphatic heterocycles. The van der Waals surface area contributed by atoms with Gasteiger partial charge in [0.05, 0.1) is 11.3 Å². The first-order chi connectivity index (χ1) is 19.7. The molecule has 2 saturated heterocycles. The molecular formula is C33H39N3O4S. The summed E-state index contributed by atoms with van der Waals surface area (Å²) in [7, 11) is 0. The third kappa shape index (κ3) is 5.77. The van der Waals surface area contributed by atoms with E-state index < -0.39 is 5.60 Å². The number of nitrogens with zero attached hydrogens (tertiary/aromatic N) is 3. The standard InChI is InChI=1S/C33H39N3O4S/c1-21-5-10-30(27(13-21)29-19-41-32(34-29)36-15-24-7-8-25(16-36)28(24)17-37)40-18-26-9-6-23(14-22(26)2)31(38)35-12-4-11-33(3,39)20-35/h5-6,9-10,13-14,17,19,24-25,28,39H,4,7-8,11-12,15-16,18,20H2,1-3H3/t24-,25?,28?,33?/m0/s1. The van der Waals surface area contributed by atoms with Gasteiger partial charge in [0.1, 0.15) is 18.6 Å². The maximum atomic E-state index is 13.1. The van der Waals surface area contributed by atoms with Crippen molar-refractivity contribution in [3.05, 3.63) is 64.0 Å². The first kappa shape index (κ1) is 27.9. The number of aldehydes is 1. The number of rotatable bonds is 7. The molecule has 3 heterocycles. The van der Waals surface area contributed by atoms with Crippen LogP contribution in [-0.4, -0.2) is 59.0 Å². The van der Waals surface area contributed by atoms with Gasteiger partial charge in [-0.25, -0.2) is 4.98 Å². The summed E-state index contributed by atoms with van der Waals surface area (Å²) < 4.78 is 6.37. The fourth-order valence-electron chi connectivity index (χ4n) is 6.87. The average molecular weight is 574 g/mol. The van der Waals surface area contributed by atoms with E-state index in [1.165, 1.54) is 6.29 Å². The SMILES string of the molecule is Cc1ccc(OCc2ccc(C(=O)N3CCCC(C)(O)C3)cc2C)c(-c2csc(N3CC4CC[C@@H](C3)C4C=O)n2)c1. The molecule has 4 atom stereocenters. The number of carbonyl (C=O) groups is 2. The van der Waals surface area contributed by atoms with Crippen LogP contribution in [0, 0.1) is 31.6 Å². The molecule has 3 aromatic rings. The molecule has 7 nitrogen and oxygen atoms in total. The lowest BCUT2D eigenvalue weighted by molar-refractivity contribution is -0.113. The Morgan fingerprint density at radius 3 is 2.66 bits per heavy atom. The van der Waals surface area contributed by atoms with Crippen molar-refractivity contribution < 1.29 is 19.4 Å². The predicted octanol–water partition coefficient (Wildman–Crippen LogP) is 5.65. The van der Waals surface area contributed by atoms with Crippen LogP contribution >= 0.6 is 11.3 Å². The highest BCUT2D eigenvalue weighted by Gasteiger charge is 2.42. The lowest BCUT2D eigenvalue weighted by Gasteiger charge is -2.36. The van der Waals surface area contributed by atoms with Gasteiger partial charge in [0.25, 0.3) is 5.91 Å². The summed E-state index contributed by atoms with van der Waals surface area (Å²) in [6.07, 6.45) is 4.97. The van der Waals surface area contributed by atoms with Crippen LogP contribution in [0.5, 0.6) is 5.75 Å². The van der Waals surface area contributed by atoms with Crippen LogP contribution in [0.1, 0.15) is 59.7 Å². The molecule has 41 heavy (non-hydrogen) atoms. The van der Waals surface area contributed by atoms with Crippen molar-refractivity contribution in [1.29, 1.82) is 0 Å². The zero-order chi connectivity index (χ0) is 28.7. The summed E-state index contributed by atoms with van der Waals surface area (Å²) in [6.45, 7) is 9.10. The van der Waals surface area contributed by atoms with Crippen molar-refractivity contribution >= 4 is 28.7 Å². The van der Waals surface area contributed by atoms with Gasteiger partial charge in [-0.15, -0.1) is 11.3 Å². The quantitative estimate of drug-likeness (QED) is 0.368. The number of piperidine rings is 2. The molecule has 216 valence electrons. The van der Waals surface area contributed by atoms with Crippen molar-refractivity contribution in [1.82, 2.24) is 9.88 Å². The second kappa shape index (κ2) is 11.2. The minimum absolute atomic E-state index is 0.0379. The fraction of sp³-hybridized carbons (Fsp3) is 0.485. The second-order valence-electron chi connectivity index (χ2n) is 12.5. The summed E-state index contributed by atoms with van der Waals surface area (Å²) in [5.41, 5.74) is 4.85. The number of benzene rings is 2. The highest BCUT2D eigenvalue weighted by molar-refractivity contribution is 7.14. The van der Waals surface area contributed by atoms with Crippen LogP contribution in [0.15, 0.2) is 41.8 Å². The zero-order valence-corrected chi connectivity index (χ0v) is 25.0. The Kier molecular flexibility index (Phi) is 7.64. The fourth-order valence-corrected chi connectivity index (χ4v) is 7.71. The first-order valence-corrected chi connectivity index (χ1v) is 15.6. The molecule has 3 aliphatic rings. The van der Waals surface area contributed by atoms with E-state index in [2.05, 4.69) is 29.3 Å². The van der Waals surface area contributed by atoms with Crippen LogP contribution < -0.4 is 9.64 Å². The molecular weight excluding hydrogens is 534 g/mol. The number of thiazole rings is 1. The van der Waals surface area contributed by atoms with Gasteiger partial charge >= 0.3 is 0 Å². The molecule has 0 spiro atoms. The molecule has 1 saturated carbocycles. The Morgan fingerprint density at radius 1 is 1.17 bits per heavy atom. The van der Waals surface area contributed by atoms with Crippen molar-refractivity contribution in [2.45, 2.75) is 58.7 Å². The number of hydrogen-bond acceptors (Lipinski definition) is 7. The number of aromatic nitrogens is 1. The number of likely N-dealkylation sites (tertiary alicyclic amines) is 1. The number of amides is 1. The van der Waals surface area contributed by atoms with Gasteiger partial charge in [-0.3, -0.25) is 4.79 Å². The molecule has 0 radical (unpaired) electrons. The Bertz CT molecular complexity index is 1440. The monoisotopic (exact) mass is 573 g/mol. The Hall–Kier alpha value is -3.23. The summed E-state index contributed by atoms with van der Waals surface area (Å²) in [5, 5.41) is 13.5. The van der Waals surface area contributed by atoms with Gasteiger partial charge < -0.3 is 24.4 Å². The van der Waals surface area contributed by atoms with E-state index in [1.807, 2.05) is 31.2 Å². The summed E-state index contributed by atoms with van der Waals surface area (Å²) in [6, 6.07) is 11.9. The number of fused-ring (bicyclic) bond motifs is 2. The van der Waals surface area contributed by atoms with Gasteiger partial charge in [-0.1, -0.05) is 17.7 Å². The van der Waals surface area contributed by atoms with Gasteiger partial charge in [-0.05, 0) is 93.7 Å². The average Bonchev–Trinajstić information content (AvgIpc) is 3.53. The third-order valence-electron chi connectivity index (χ3n) is 9.17. The molecule has 1 amide bonds. The topological polar surface area (TPSA) is 83.0 Å². The number of aryl methyl sites for hydroxylation is 2. The number of β-amino-alcohol motifs (C(OH)–C–C–N with tert-alkyl or cyclic N) is 1. The maximum Gasteiger partial charge on any atom is 0.253 e. The van der Waals surface area contributed by atoms with E-state index in [0.717, 1.165) is 77.6 Å². The molecule has 1 aliphatic carbocycles. The summed E-state index contributed by atoms with van der Waals surface area (Å²) in [5.74, 6) is 1.83. The minimum Gasteiger partial charge on any atom is -0.488 e. The van der Waals surface area contributed by atoms with Gasteiger partial charge in [0.15, 0.2) is 5.13 Å². The van der Waals surface area contributed by atoms with Gasteiger partial charge in [-0.2, -0.15) is 0 Å². The summed E-state index contributed by atoms with van der Waals surface area (Å²) in [4.78, 5) is 33.8. The van der Waals surface area contributed by atoms with Gasteiger partial charge in [0.2, 0.25) is 0 Å². The van der Waals surface area contributed by atoms with Crippen molar-refractivity contribution in [3.8, 4) is 17.0 Å². The van der Waals surface area contributed by atoms with Crippen LogP contribution in [0.2, 0.25) is 0 Å². The smallest absolute Gasteiger partial charge is 0.253 e. The molecule has 2 aromatic carbocycles. The van der Waals surface area contributed by atoms with E-state index in [-0.39, 0.29) is 11.8 Å². The molecule has 6 rings (SSSR count). The lowest BCUT2D eigenvalue weighted by Crippen LogP contribution is -2.48. The van der Waals surface area contributed by atoms with E-state index in [0.29, 0.717) is 37.1 Å². The Balaban J connectivity index is 1.15. The number of aliphatic hydroxyl groups is 1. The van der Waals surface area contributed by atoms with Crippen LogP contribution in [0.25, 0.3) is 11.3 Å². The Labute approximate surface area is 246 Å². The van der Waals surface area contributed by atoms with Gasteiger partial charge in [0, 0.05) is 48.6 Å². The molecule has 1 aromatic heterocycles. The number of ether oxygens (including phenoxy) is 1. The highest BCUT2D eigenvalue weighted by atomic mass is 32.1. The molecule has 3 fully saturated rings. The van der Waals surface area contributed by atoms with Crippen LogP contribution in [0.4, 0.5) is 5.13 Å². The third-order valence-corrected chi connectivity index (χ3v) is 10.1. The number of hydrogen-bond donors (Lipinski definition) is 1. The molecule has 1 N–H and O–H groups in total. The number of carbonyl (C=O) groups excluding carboxylic acids is 2. The van der Waals surface area contributed by atoms with E-state index in [9.17, 15) is 14.7 Å². The highest BCUT2D eigenvalue weighted by Crippen LogP contribution is 2.43. The predicted molar refractivity (Wildman–Crippen MR) is 162 cm³/mol. The summed E-state index contributed by atoms with van der Waals surface area (Å²) >= 11 is 1.66. The maximum absolute atomic E-state index is 13.1. The van der Waals surface area contributed by atoms with E-state index >= 15 is 0 Å². The first-order valence-electron chi connectivity index (χ1n) is 14.7. The lowest BCUT2D eigenvalue weighted by atomic mass is 9.87. The zero-order valence-electron chi connectivity index (χ0n) is 24.1. The van der Waals surface area contributed by atoms with Crippen LogP contribution in [-0.2, 0) is 11.4 Å². The van der Waals surface area contributed by atoms with E-state index in [1.54, 1.807) is 23.2 Å². The molecule has 3 unspecified atom stereocenters. The second-order valence-corrected chi connectivity index (χ2v) is 13.3. The largest absolute Gasteiger partial charge is 0.488 e. The Morgan fingerprint density at radius 2 is 1.95 bits per heavy atom. The number of anilines is 1. The minimum atomic E-state index is -0.826. The normalized spacial score (nSPS) is 25.8. The molecule has 8 heteroatoms. The van der Waals surface area contributed by atoms with Crippen molar-refractivity contribution in [2.75, 3.05) is 31.1 Å². The van der Waals surface area contributed by atoms with Crippen LogP contribution in [0.3, 0.4) is 0 Å². The van der Waals surface area contributed by atoms with Crippen molar-refractivity contribution in [2.24, 2.45) is 17.8 Å². The van der Waals surface area contributed by atoms with E-state index in [4.69, 9.17) is 9.72 Å².